The van der Waals surface area contributed by atoms with Crippen LogP contribution in [0.15, 0.2) is 0 Å². The molecule has 0 rings (SSSR count). The van der Waals surface area contributed by atoms with E-state index in [1.807, 2.05) is 11.8 Å². The fraction of sp³-hybridized carbons (Fsp3) is 1.00. The maximum absolute atomic E-state index is 5.02. The van der Waals surface area contributed by atoms with Crippen LogP contribution in [-0.4, -0.2) is 38.3 Å². The van der Waals surface area contributed by atoms with Crippen LogP contribution in [0.4, 0.5) is 0 Å². The van der Waals surface area contributed by atoms with E-state index in [1.165, 1.54) is 24.3 Å². The van der Waals surface area contributed by atoms with E-state index in [4.69, 9.17) is 4.74 Å². The summed E-state index contributed by atoms with van der Waals surface area (Å²) in [4.78, 5) is 0. The molecule has 1 N–H and O–H groups in total. The molecule has 0 fully saturated rings. The van der Waals surface area contributed by atoms with E-state index in [1.54, 1.807) is 7.11 Å². The lowest BCUT2D eigenvalue weighted by Crippen LogP contribution is -2.33. The van der Waals surface area contributed by atoms with Gasteiger partial charge in [0.05, 0.1) is 6.61 Å². The topological polar surface area (TPSA) is 21.3 Å². The third-order valence-corrected chi connectivity index (χ3v) is 3.84. The minimum absolute atomic E-state index is 0.454. The van der Waals surface area contributed by atoms with Gasteiger partial charge in [-0.2, -0.15) is 11.8 Å². The SMILES string of the molecule is CCSCCC(C)(CC)CNCCOC. The molecule has 0 aromatic rings. The molecule has 1 unspecified atom stereocenters. The lowest BCUT2D eigenvalue weighted by molar-refractivity contribution is 0.190. The van der Waals surface area contributed by atoms with Gasteiger partial charge >= 0.3 is 0 Å². The summed E-state index contributed by atoms with van der Waals surface area (Å²) in [6.07, 6.45) is 2.55. The minimum Gasteiger partial charge on any atom is -0.383 e. The average molecular weight is 233 g/mol. The number of hydrogen-bond acceptors (Lipinski definition) is 3. The van der Waals surface area contributed by atoms with E-state index in [0.29, 0.717) is 5.41 Å². The summed E-state index contributed by atoms with van der Waals surface area (Å²) in [6.45, 7) is 9.77. The molecule has 2 nitrogen and oxygen atoms in total. The summed E-state index contributed by atoms with van der Waals surface area (Å²) in [5, 5.41) is 3.47. The van der Waals surface area contributed by atoms with Gasteiger partial charge in [0.2, 0.25) is 0 Å². The van der Waals surface area contributed by atoms with Crippen molar-refractivity contribution in [1.29, 1.82) is 0 Å². The second-order valence-corrected chi connectivity index (χ2v) is 5.67. The van der Waals surface area contributed by atoms with Crippen LogP contribution in [0.5, 0.6) is 0 Å². The third-order valence-electron chi connectivity index (χ3n) is 2.94. The predicted octanol–water partition coefficient (Wildman–Crippen LogP) is 2.78. The van der Waals surface area contributed by atoms with Crippen molar-refractivity contribution in [3.63, 3.8) is 0 Å². The number of rotatable bonds is 10. The normalized spacial score (nSPS) is 15.2. The first-order chi connectivity index (χ1) is 7.18. The van der Waals surface area contributed by atoms with E-state index >= 15 is 0 Å². The summed E-state index contributed by atoms with van der Waals surface area (Å²) in [5.41, 5.74) is 0.454. The van der Waals surface area contributed by atoms with Crippen molar-refractivity contribution in [3.05, 3.63) is 0 Å². The van der Waals surface area contributed by atoms with Crippen molar-refractivity contribution in [2.75, 3.05) is 38.3 Å². The molecule has 0 amide bonds. The highest BCUT2D eigenvalue weighted by atomic mass is 32.2. The Kier molecular flexibility index (Phi) is 9.66. The monoisotopic (exact) mass is 233 g/mol. The molecule has 15 heavy (non-hydrogen) atoms. The fourth-order valence-corrected chi connectivity index (χ4v) is 2.34. The van der Waals surface area contributed by atoms with Crippen LogP contribution >= 0.6 is 11.8 Å². The largest absolute Gasteiger partial charge is 0.383 e. The molecule has 0 aromatic heterocycles. The maximum Gasteiger partial charge on any atom is 0.0587 e. The van der Waals surface area contributed by atoms with Crippen LogP contribution in [0.1, 0.15) is 33.6 Å². The minimum atomic E-state index is 0.454. The molecule has 0 radical (unpaired) electrons. The zero-order chi connectivity index (χ0) is 11.6. The summed E-state index contributed by atoms with van der Waals surface area (Å²) < 4.78 is 5.02. The van der Waals surface area contributed by atoms with Crippen molar-refractivity contribution in [2.24, 2.45) is 5.41 Å². The standard InChI is InChI=1S/C12H27NOS/c1-5-12(3,7-10-15-6-2)11-13-8-9-14-4/h13H,5-11H2,1-4H3. The first-order valence-corrected chi connectivity index (χ1v) is 7.11. The van der Waals surface area contributed by atoms with Gasteiger partial charge in [-0.25, -0.2) is 0 Å². The Hall–Kier alpha value is 0.270. The summed E-state index contributed by atoms with van der Waals surface area (Å²) >= 11 is 2.04. The number of hydrogen-bond donors (Lipinski definition) is 1. The van der Waals surface area contributed by atoms with Crippen molar-refractivity contribution >= 4 is 11.8 Å². The van der Waals surface area contributed by atoms with Gasteiger partial charge in [0, 0.05) is 20.2 Å². The van der Waals surface area contributed by atoms with Crippen LogP contribution in [0, 0.1) is 5.41 Å². The van der Waals surface area contributed by atoms with Gasteiger partial charge in [-0.3, -0.25) is 0 Å². The van der Waals surface area contributed by atoms with Crippen LogP contribution in [0.2, 0.25) is 0 Å². The average Bonchev–Trinajstić information content (AvgIpc) is 2.25. The predicted molar refractivity (Wildman–Crippen MR) is 70.8 cm³/mol. The molecule has 3 heteroatoms. The number of thioether (sulfide) groups is 1. The van der Waals surface area contributed by atoms with E-state index in [0.717, 1.165) is 19.7 Å². The molecular weight excluding hydrogens is 206 g/mol. The first-order valence-electron chi connectivity index (χ1n) is 5.96. The van der Waals surface area contributed by atoms with Gasteiger partial charge in [0.1, 0.15) is 0 Å². The Morgan fingerprint density at radius 2 is 2.07 bits per heavy atom. The fourth-order valence-electron chi connectivity index (χ4n) is 1.42. The molecule has 0 aliphatic rings. The van der Waals surface area contributed by atoms with Gasteiger partial charge < -0.3 is 10.1 Å². The van der Waals surface area contributed by atoms with Crippen molar-refractivity contribution in [3.8, 4) is 0 Å². The van der Waals surface area contributed by atoms with Crippen LogP contribution in [0.25, 0.3) is 0 Å². The van der Waals surface area contributed by atoms with E-state index in [9.17, 15) is 0 Å². The van der Waals surface area contributed by atoms with Crippen LogP contribution < -0.4 is 5.32 Å². The zero-order valence-corrected chi connectivity index (χ0v) is 11.6. The lowest BCUT2D eigenvalue weighted by Gasteiger charge is -2.28. The highest BCUT2D eigenvalue weighted by Gasteiger charge is 2.20. The van der Waals surface area contributed by atoms with E-state index in [-0.39, 0.29) is 0 Å². The highest BCUT2D eigenvalue weighted by Crippen LogP contribution is 2.26. The molecule has 0 aliphatic carbocycles. The number of methoxy groups -OCH3 is 1. The molecule has 0 saturated heterocycles. The van der Waals surface area contributed by atoms with Gasteiger partial charge in [0.25, 0.3) is 0 Å². The lowest BCUT2D eigenvalue weighted by atomic mass is 9.84. The maximum atomic E-state index is 5.02. The van der Waals surface area contributed by atoms with Gasteiger partial charge in [0.15, 0.2) is 0 Å². The van der Waals surface area contributed by atoms with Gasteiger partial charge in [-0.1, -0.05) is 20.8 Å². The molecule has 0 heterocycles. The Morgan fingerprint density at radius 3 is 2.60 bits per heavy atom. The molecule has 0 aliphatic heterocycles. The van der Waals surface area contributed by atoms with Crippen molar-refractivity contribution in [2.45, 2.75) is 33.6 Å². The zero-order valence-electron chi connectivity index (χ0n) is 10.8. The first kappa shape index (κ1) is 15.3. The smallest absolute Gasteiger partial charge is 0.0587 e. The number of nitrogens with one attached hydrogen (secondary N) is 1. The molecule has 0 aromatic carbocycles. The molecule has 92 valence electrons. The Balaban J connectivity index is 3.65. The molecule has 0 spiro atoms. The van der Waals surface area contributed by atoms with E-state index < -0.39 is 0 Å². The summed E-state index contributed by atoms with van der Waals surface area (Å²) in [6, 6.07) is 0. The highest BCUT2D eigenvalue weighted by molar-refractivity contribution is 7.99. The number of ether oxygens (including phenoxy) is 1. The van der Waals surface area contributed by atoms with Crippen LogP contribution in [-0.2, 0) is 4.74 Å². The molecule has 0 saturated carbocycles. The second kappa shape index (κ2) is 9.49. The summed E-state index contributed by atoms with van der Waals surface area (Å²) in [7, 11) is 1.75. The van der Waals surface area contributed by atoms with Gasteiger partial charge in [-0.05, 0) is 29.8 Å². The third kappa shape index (κ3) is 8.12. The Morgan fingerprint density at radius 1 is 1.33 bits per heavy atom. The quantitative estimate of drug-likeness (QED) is 0.586. The molecule has 0 bridgehead atoms. The molecular formula is C12H27NOS. The van der Waals surface area contributed by atoms with Crippen molar-refractivity contribution in [1.82, 2.24) is 5.32 Å². The molecule has 1 atom stereocenters. The summed E-state index contributed by atoms with van der Waals surface area (Å²) in [5.74, 6) is 2.52. The van der Waals surface area contributed by atoms with Gasteiger partial charge in [-0.15, -0.1) is 0 Å². The van der Waals surface area contributed by atoms with Crippen LogP contribution in [0.3, 0.4) is 0 Å². The Bertz CT molecular complexity index is 144. The van der Waals surface area contributed by atoms with E-state index in [2.05, 4.69) is 26.1 Å². The Labute approximate surface area is 99.5 Å². The second-order valence-electron chi connectivity index (χ2n) is 4.28. The van der Waals surface area contributed by atoms with Crippen molar-refractivity contribution < 1.29 is 4.74 Å².